The van der Waals surface area contributed by atoms with E-state index in [0.717, 1.165) is 11.2 Å². The molecule has 0 fully saturated rings. The molecule has 2 N–H and O–H groups in total. The molecule has 0 unspecified atom stereocenters. The Morgan fingerprint density at radius 1 is 1.13 bits per heavy atom. The van der Waals surface area contributed by atoms with Crippen molar-refractivity contribution < 1.29 is 14.4 Å². The molecule has 1 aliphatic rings. The lowest BCUT2D eigenvalue weighted by atomic mass is 9.94. The zero-order chi connectivity index (χ0) is 21.3. The van der Waals surface area contributed by atoms with Crippen molar-refractivity contribution in [3.63, 3.8) is 0 Å². The summed E-state index contributed by atoms with van der Waals surface area (Å²) in [5.41, 5.74) is 1.06. The minimum absolute atomic E-state index is 0.133. The molecule has 0 aliphatic carbocycles. The van der Waals surface area contributed by atoms with Crippen LogP contribution in [0.2, 0.25) is 0 Å². The van der Waals surface area contributed by atoms with Crippen molar-refractivity contribution in [1.29, 1.82) is 0 Å². The number of nitrogens with zero attached hydrogens (tertiary/aromatic N) is 3. The second-order valence-electron chi connectivity index (χ2n) is 7.18. The van der Waals surface area contributed by atoms with Crippen LogP contribution >= 0.6 is 12.2 Å². The van der Waals surface area contributed by atoms with Gasteiger partial charge in [0.2, 0.25) is 5.91 Å². The fourth-order valence-corrected chi connectivity index (χ4v) is 3.84. The Morgan fingerprint density at radius 2 is 1.80 bits per heavy atom. The second-order valence-corrected chi connectivity index (χ2v) is 7.57. The van der Waals surface area contributed by atoms with E-state index in [-0.39, 0.29) is 30.7 Å². The quantitative estimate of drug-likeness (QED) is 0.449. The van der Waals surface area contributed by atoms with Crippen molar-refractivity contribution in [2.24, 2.45) is 7.05 Å². The van der Waals surface area contributed by atoms with Crippen LogP contribution in [-0.4, -0.2) is 50.5 Å². The second kappa shape index (κ2) is 8.19. The number of hydrogen-bond acceptors (Lipinski definition) is 5. The van der Waals surface area contributed by atoms with Gasteiger partial charge >= 0.3 is 0 Å². The zero-order valence-corrected chi connectivity index (χ0v) is 17.3. The van der Waals surface area contributed by atoms with E-state index in [1.807, 2.05) is 31.3 Å². The van der Waals surface area contributed by atoms with Crippen LogP contribution in [0.5, 0.6) is 0 Å². The molecule has 1 aromatic heterocycles. The van der Waals surface area contributed by atoms with E-state index in [2.05, 4.69) is 15.5 Å². The van der Waals surface area contributed by atoms with Crippen molar-refractivity contribution in [3.8, 4) is 0 Å². The van der Waals surface area contributed by atoms with Gasteiger partial charge in [0.15, 0.2) is 4.77 Å². The number of amides is 3. The summed E-state index contributed by atoms with van der Waals surface area (Å²) in [5, 5.41) is 11.2. The lowest BCUT2D eigenvalue weighted by Gasteiger charge is -2.27. The third-order valence-corrected chi connectivity index (χ3v) is 5.65. The number of nitrogens with one attached hydrogen (secondary N) is 2. The number of carbonyl (C=O) groups is 3. The van der Waals surface area contributed by atoms with Gasteiger partial charge in [-0.2, -0.15) is 5.10 Å². The van der Waals surface area contributed by atoms with Crippen LogP contribution in [0.4, 0.5) is 0 Å². The largest absolute Gasteiger partial charge is 0.356 e. The van der Waals surface area contributed by atoms with Gasteiger partial charge in [-0.1, -0.05) is 24.3 Å². The summed E-state index contributed by atoms with van der Waals surface area (Å²) in [6.45, 7) is 0.632. The number of aromatic amines is 1. The Morgan fingerprint density at radius 3 is 2.40 bits per heavy atom. The molecule has 0 saturated heterocycles. The summed E-state index contributed by atoms with van der Waals surface area (Å²) in [7, 11) is 1.81. The van der Waals surface area contributed by atoms with Crippen LogP contribution in [0.1, 0.15) is 39.4 Å². The van der Waals surface area contributed by atoms with E-state index in [0.29, 0.717) is 40.7 Å². The number of aromatic nitrogens is 3. The van der Waals surface area contributed by atoms with Gasteiger partial charge in [-0.15, -0.1) is 0 Å². The maximum atomic E-state index is 12.8. The average molecular weight is 423 g/mol. The Kier molecular flexibility index (Phi) is 5.45. The number of rotatable bonds is 7. The van der Waals surface area contributed by atoms with Gasteiger partial charge in [-0.3, -0.25) is 24.4 Å². The van der Waals surface area contributed by atoms with Crippen LogP contribution in [-0.2, 0) is 18.3 Å². The summed E-state index contributed by atoms with van der Waals surface area (Å²) in [4.78, 5) is 39.0. The summed E-state index contributed by atoms with van der Waals surface area (Å²) < 4.78 is 2.29. The molecular weight excluding hydrogens is 402 g/mol. The molecule has 30 heavy (non-hydrogen) atoms. The highest BCUT2D eigenvalue weighted by Crippen LogP contribution is 2.29. The predicted molar refractivity (Wildman–Crippen MR) is 114 cm³/mol. The van der Waals surface area contributed by atoms with Crippen molar-refractivity contribution >= 4 is 40.7 Å². The molecule has 2 heterocycles. The molecule has 0 atom stereocenters. The fraction of sp³-hybridized carbons (Fsp3) is 0.286. The van der Waals surface area contributed by atoms with Gasteiger partial charge in [0.25, 0.3) is 11.8 Å². The molecule has 0 spiro atoms. The van der Waals surface area contributed by atoms with E-state index in [9.17, 15) is 14.4 Å². The predicted octanol–water partition coefficient (Wildman–Crippen LogP) is 2.37. The molecule has 154 valence electrons. The van der Waals surface area contributed by atoms with Crippen LogP contribution in [0.25, 0.3) is 10.8 Å². The molecule has 4 rings (SSSR count). The molecule has 1 aliphatic heterocycles. The lowest BCUT2D eigenvalue weighted by Crippen LogP contribution is -2.41. The van der Waals surface area contributed by atoms with E-state index < -0.39 is 0 Å². The van der Waals surface area contributed by atoms with Gasteiger partial charge < -0.3 is 9.88 Å². The monoisotopic (exact) mass is 423 g/mol. The molecule has 8 nitrogen and oxygen atoms in total. The van der Waals surface area contributed by atoms with Crippen LogP contribution in [0, 0.1) is 4.77 Å². The van der Waals surface area contributed by atoms with Gasteiger partial charge in [0, 0.05) is 49.5 Å². The van der Waals surface area contributed by atoms with E-state index >= 15 is 0 Å². The topological polar surface area (TPSA) is 100 Å². The fourth-order valence-electron chi connectivity index (χ4n) is 3.69. The van der Waals surface area contributed by atoms with Gasteiger partial charge in [-0.25, -0.2) is 0 Å². The standard InChI is InChI=1S/C21H21N5O3S/c1-25-16(23-24-21(25)30)10-11-22-17(27)9-4-12-26-19(28)14-7-2-5-13-6-3-8-15(18(13)14)20(26)29/h2-3,5-8H,4,9-12H2,1H3,(H,22,27)(H,24,30). The molecule has 9 heteroatoms. The summed E-state index contributed by atoms with van der Waals surface area (Å²) in [6.07, 6.45) is 1.18. The summed E-state index contributed by atoms with van der Waals surface area (Å²) in [5.74, 6) is 0.00904. The average Bonchev–Trinajstić information content (AvgIpc) is 3.06. The van der Waals surface area contributed by atoms with E-state index in [1.54, 1.807) is 16.7 Å². The Balaban J connectivity index is 1.32. The Bertz CT molecular complexity index is 1160. The third kappa shape index (κ3) is 3.63. The Hall–Kier alpha value is -3.33. The number of hydrogen-bond donors (Lipinski definition) is 2. The maximum absolute atomic E-state index is 12.8. The highest BCUT2D eigenvalue weighted by Gasteiger charge is 2.32. The van der Waals surface area contributed by atoms with Gasteiger partial charge in [-0.05, 0) is 36.2 Å². The maximum Gasteiger partial charge on any atom is 0.261 e. The first kappa shape index (κ1) is 20.0. The molecule has 3 aromatic rings. The van der Waals surface area contributed by atoms with Crippen molar-refractivity contribution in [1.82, 2.24) is 25.0 Å². The van der Waals surface area contributed by atoms with Crippen molar-refractivity contribution in [2.45, 2.75) is 19.3 Å². The Labute approximate surface area is 177 Å². The third-order valence-electron chi connectivity index (χ3n) is 5.28. The van der Waals surface area contributed by atoms with Crippen LogP contribution in [0.3, 0.4) is 0 Å². The first-order valence-corrected chi connectivity index (χ1v) is 10.1. The molecule has 3 amide bonds. The molecule has 2 aromatic carbocycles. The van der Waals surface area contributed by atoms with Crippen LogP contribution < -0.4 is 5.32 Å². The molecular formula is C21H21N5O3S. The number of benzene rings is 2. The van der Waals surface area contributed by atoms with E-state index in [1.165, 1.54) is 4.90 Å². The SMILES string of the molecule is Cn1c(CCNC(=O)CCCN2C(=O)c3cccc4cccc(c34)C2=O)n[nH]c1=S. The normalized spacial score (nSPS) is 13.2. The first-order valence-electron chi connectivity index (χ1n) is 9.72. The number of H-pyrrole nitrogens is 1. The summed E-state index contributed by atoms with van der Waals surface area (Å²) >= 11 is 5.06. The highest BCUT2D eigenvalue weighted by molar-refractivity contribution is 7.71. The molecule has 0 saturated carbocycles. The summed E-state index contributed by atoms with van der Waals surface area (Å²) in [6, 6.07) is 10.9. The number of imide groups is 1. The number of carbonyl (C=O) groups excluding carboxylic acids is 3. The minimum Gasteiger partial charge on any atom is -0.356 e. The highest BCUT2D eigenvalue weighted by atomic mass is 32.1. The molecule has 0 radical (unpaired) electrons. The van der Waals surface area contributed by atoms with Crippen molar-refractivity contribution in [3.05, 3.63) is 58.1 Å². The van der Waals surface area contributed by atoms with Crippen LogP contribution in [0.15, 0.2) is 36.4 Å². The van der Waals surface area contributed by atoms with Crippen molar-refractivity contribution in [2.75, 3.05) is 13.1 Å². The van der Waals surface area contributed by atoms with E-state index in [4.69, 9.17) is 12.2 Å². The van der Waals surface area contributed by atoms with Gasteiger partial charge in [0.05, 0.1) is 0 Å². The minimum atomic E-state index is -0.310. The molecule has 0 bridgehead atoms. The lowest BCUT2D eigenvalue weighted by molar-refractivity contribution is -0.121. The zero-order valence-electron chi connectivity index (χ0n) is 16.5. The first-order chi connectivity index (χ1) is 14.5. The smallest absolute Gasteiger partial charge is 0.261 e. The van der Waals surface area contributed by atoms with Gasteiger partial charge in [0.1, 0.15) is 5.82 Å².